The van der Waals surface area contributed by atoms with Gasteiger partial charge in [-0.2, -0.15) is 0 Å². The molecule has 2 aromatic carbocycles. The Bertz CT molecular complexity index is 1250. The van der Waals surface area contributed by atoms with E-state index in [1.54, 1.807) is 19.4 Å². The number of amides is 2. The number of hydrogen-bond acceptors (Lipinski definition) is 7. The molecule has 0 atom stereocenters. The lowest BCUT2D eigenvalue weighted by Gasteiger charge is -2.13. The molecule has 0 aliphatic carbocycles. The molecule has 1 aliphatic rings. The van der Waals surface area contributed by atoms with E-state index in [2.05, 4.69) is 41.5 Å². The third-order valence-corrected chi connectivity index (χ3v) is 7.45. The fraction of sp³-hybridized carbons (Fsp3) is 0.200. The van der Waals surface area contributed by atoms with E-state index in [9.17, 15) is 9.59 Å². The van der Waals surface area contributed by atoms with Gasteiger partial charge in [0.15, 0.2) is 5.13 Å². The highest BCUT2D eigenvalue weighted by Crippen LogP contribution is 2.34. The van der Waals surface area contributed by atoms with E-state index in [-0.39, 0.29) is 24.8 Å². The Labute approximate surface area is 212 Å². The fourth-order valence-electron chi connectivity index (χ4n) is 3.37. The molecule has 1 aromatic heterocycles. The van der Waals surface area contributed by atoms with Crippen LogP contribution >= 0.6 is 35.3 Å². The maximum absolute atomic E-state index is 12.9. The quantitative estimate of drug-likeness (QED) is 0.329. The Hall–Kier alpha value is -3.01. The van der Waals surface area contributed by atoms with Crippen LogP contribution in [0.25, 0.3) is 6.08 Å². The van der Waals surface area contributed by atoms with Crippen LogP contribution in [0.1, 0.15) is 28.0 Å². The number of methoxy groups -OCH3 is 1. The van der Waals surface area contributed by atoms with Crippen LogP contribution < -0.4 is 10.1 Å². The number of aryl methyl sites for hydroxylation is 1. The second-order valence-electron chi connectivity index (χ2n) is 7.67. The molecule has 9 heteroatoms. The summed E-state index contributed by atoms with van der Waals surface area (Å²) >= 11 is 8.06. The number of thioether (sulfide) groups is 1. The summed E-state index contributed by atoms with van der Waals surface area (Å²) in [5, 5.41) is 3.38. The molecule has 174 valence electrons. The normalized spacial score (nSPS) is 14.6. The van der Waals surface area contributed by atoms with Gasteiger partial charge in [-0.3, -0.25) is 14.5 Å². The number of aromatic nitrogens is 1. The molecule has 1 fully saturated rings. The lowest BCUT2D eigenvalue weighted by Crippen LogP contribution is -2.31. The summed E-state index contributed by atoms with van der Waals surface area (Å²) in [6.45, 7) is 2.27. The second-order valence-corrected chi connectivity index (χ2v) is 10.5. The van der Waals surface area contributed by atoms with E-state index in [1.165, 1.54) is 39.1 Å². The van der Waals surface area contributed by atoms with E-state index >= 15 is 0 Å². The summed E-state index contributed by atoms with van der Waals surface area (Å²) in [6, 6.07) is 15.8. The largest absolute Gasteiger partial charge is 0.496 e. The molecule has 0 radical (unpaired) electrons. The fourth-order valence-corrected chi connectivity index (χ4v) is 5.53. The number of carbonyl (C=O) groups is 2. The van der Waals surface area contributed by atoms with Crippen molar-refractivity contribution >= 4 is 62.7 Å². The number of nitrogens with one attached hydrogen (secondary N) is 1. The van der Waals surface area contributed by atoms with E-state index in [1.807, 2.05) is 24.3 Å². The van der Waals surface area contributed by atoms with E-state index in [0.717, 1.165) is 16.9 Å². The number of hydrogen-bond donors (Lipinski definition) is 1. The molecule has 1 N–H and O–H groups in total. The molecule has 0 bridgehead atoms. The number of para-hydroxylation sites is 1. The average Bonchev–Trinajstić information content (AvgIpc) is 3.37. The van der Waals surface area contributed by atoms with Crippen molar-refractivity contribution in [3.63, 3.8) is 0 Å². The highest BCUT2D eigenvalue weighted by molar-refractivity contribution is 8.26. The van der Waals surface area contributed by atoms with Crippen LogP contribution in [0.2, 0.25) is 0 Å². The summed E-state index contributed by atoms with van der Waals surface area (Å²) in [7, 11) is 1.59. The van der Waals surface area contributed by atoms with Crippen molar-refractivity contribution < 1.29 is 14.3 Å². The lowest BCUT2D eigenvalue weighted by molar-refractivity contribution is -0.122. The molecule has 1 saturated heterocycles. The van der Waals surface area contributed by atoms with Gasteiger partial charge in [0.1, 0.15) is 10.1 Å². The molecule has 34 heavy (non-hydrogen) atoms. The Morgan fingerprint density at radius 1 is 1.21 bits per heavy atom. The van der Waals surface area contributed by atoms with Crippen molar-refractivity contribution in [2.24, 2.45) is 0 Å². The summed E-state index contributed by atoms with van der Waals surface area (Å²) in [5.41, 5.74) is 3.22. The van der Waals surface area contributed by atoms with E-state index in [0.29, 0.717) is 20.1 Å². The molecular weight excluding hydrogens is 486 g/mol. The van der Waals surface area contributed by atoms with Gasteiger partial charge in [0.05, 0.1) is 12.0 Å². The van der Waals surface area contributed by atoms with Crippen LogP contribution in [0, 0.1) is 6.92 Å². The first-order valence-electron chi connectivity index (χ1n) is 10.6. The second kappa shape index (κ2) is 10.9. The Kier molecular flexibility index (Phi) is 7.77. The minimum Gasteiger partial charge on any atom is -0.496 e. The minimum atomic E-state index is -0.209. The zero-order chi connectivity index (χ0) is 24.1. The third kappa shape index (κ3) is 5.91. The van der Waals surface area contributed by atoms with Crippen molar-refractivity contribution in [1.82, 2.24) is 9.88 Å². The zero-order valence-electron chi connectivity index (χ0n) is 18.7. The number of carbonyl (C=O) groups excluding carboxylic acids is 2. The van der Waals surface area contributed by atoms with Gasteiger partial charge in [0.25, 0.3) is 5.91 Å². The maximum atomic E-state index is 12.9. The maximum Gasteiger partial charge on any atom is 0.266 e. The zero-order valence-corrected chi connectivity index (χ0v) is 21.2. The first-order chi connectivity index (χ1) is 16.4. The summed E-state index contributed by atoms with van der Waals surface area (Å²) in [6.07, 6.45) is 4.44. The van der Waals surface area contributed by atoms with Gasteiger partial charge in [-0.25, -0.2) is 4.98 Å². The van der Waals surface area contributed by atoms with E-state index in [4.69, 9.17) is 17.0 Å². The van der Waals surface area contributed by atoms with Crippen LogP contribution in [0.5, 0.6) is 5.75 Å². The van der Waals surface area contributed by atoms with Gasteiger partial charge in [-0.1, -0.05) is 72.0 Å². The summed E-state index contributed by atoms with van der Waals surface area (Å²) < 4.78 is 5.79. The predicted octanol–water partition coefficient (Wildman–Crippen LogP) is 5.28. The van der Waals surface area contributed by atoms with Gasteiger partial charge < -0.3 is 10.1 Å². The molecule has 3 aromatic rings. The topological polar surface area (TPSA) is 71.5 Å². The Morgan fingerprint density at radius 3 is 2.74 bits per heavy atom. The first-order valence-corrected chi connectivity index (χ1v) is 12.7. The van der Waals surface area contributed by atoms with E-state index < -0.39 is 0 Å². The molecule has 6 nitrogen and oxygen atoms in total. The number of rotatable bonds is 8. The van der Waals surface area contributed by atoms with Crippen molar-refractivity contribution in [1.29, 1.82) is 0 Å². The number of anilines is 1. The molecule has 1 aliphatic heterocycles. The van der Waals surface area contributed by atoms with Crippen molar-refractivity contribution in [2.75, 3.05) is 19.0 Å². The molecule has 2 heterocycles. The molecule has 2 amide bonds. The molecular formula is C25H23N3O3S3. The van der Waals surface area contributed by atoms with Gasteiger partial charge in [-0.15, -0.1) is 11.3 Å². The standard InChI is InChI=1S/C25H23N3O3S3/c1-16-7-9-17(10-8-16)13-19-15-26-24(33-19)27-22(29)11-12-28-23(30)21(34-25(28)32)14-18-5-3-4-6-20(18)31-2/h3-10,14-15H,11-13H2,1-2H3,(H,26,27,29)/b21-14-. The minimum absolute atomic E-state index is 0.126. The monoisotopic (exact) mass is 509 g/mol. The van der Waals surface area contributed by atoms with Gasteiger partial charge in [0.2, 0.25) is 5.91 Å². The summed E-state index contributed by atoms with van der Waals surface area (Å²) in [5.74, 6) is 0.264. The third-order valence-electron chi connectivity index (χ3n) is 5.16. The number of ether oxygens (including phenoxy) is 1. The average molecular weight is 510 g/mol. The van der Waals surface area contributed by atoms with Crippen LogP contribution in [0.15, 0.2) is 59.6 Å². The SMILES string of the molecule is COc1ccccc1/C=C1\SC(=S)N(CCC(=O)Nc2ncc(Cc3ccc(C)cc3)s2)C1=O. The number of benzene rings is 2. The molecule has 0 unspecified atom stereocenters. The van der Waals surface area contributed by atoms with Crippen LogP contribution in [0.3, 0.4) is 0 Å². The smallest absolute Gasteiger partial charge is 0.266 e. The highest BCUT2D eigenvalue weighted by atomic mass is 32.2. The van der Waals surface area contributed by atoms with Gasteiger partial charge >= 0.3 is 0 Å². The van der Waals surface area contributed by atoms with Crippen molar-refractivity contribution in [3.8, 4) is 5.75 Å². The number of nitrogens with zero attached hydrogens (tertiary/aromatic N) is 2. The van der Waals surface area contributed by atoms with Crippen LogP contribution in [-0.4, -0.2) is 39.7 Å². The first kappa shape index (κ1) is 24.1. The molecule has 0 spiro atoms. The highest BCUT2D eigenvalue weighted by Gasteiger charge is 2.32. The predicted molar refractivity (Wildman–Crippen MR) is 142 cm³/mol. The number of thiocarbonyl (C=S) groups is 1. The van der Waals surface area contributed by atoms with Crippen LogP contribution in [0.4, 0.5) is 5.13 Å². The summed E-state index contributed by atoms with van der Waals surface area (Å²) in [4.78, 5) is 32.7. The van der Waals surface area contributed by atoms with Crippen molar-refractivity contribution in [3.05, 3.63) is 81.2 Å². The van der Waals surface area contributed by atoms with Crippen molar-refractivity contribution in [2.45, 2.75) is 19.8 Å². The lowest BCUT2D eigenvalue weighted by atomic mass is 10.1. The van der Waals surface area contributed by atoms with Gasteiger partial charge in [-0.05, 0) is 24.6 Å². The Balaban J connectivity index is 1.32. The van der Waals surface area contributed by atoms with Crippen LogP contribution in [-0.2, 0) is 16.0 Å². The Morgan fingerprint density at radius 2 is 1.97 bits per heavy atom. The molecule has 4 rings (SSSR count). The number of thiazole rings is 1. The molecule has 0 saturated carbocycles. The van der Waals surface area contributed by atoms with Gasteiger partial charge in [0, 0.05) is 36.0 Å².